The van der Waals surface area contributed by atoms with E-state index in [1.54, 1.807) is 31.1 Å². The Morgan fingerprint density at radius 2 is 2.08 bits per heavy atom. The Morgan fingerprint density at radius 1 is 1.42 bits per heavy atom. The molecular formula is C8H10N2O2. The maximum Gasteiger partial charge on any atom is 0.168 e. The molecular weight excluding hydrogens is 156 g/mol. The summed E-state index contributed by atoms with van der Waals surface area (Å²) in [4.78, 5) is 11.9. The lowest BCUT2D eigenvalue weighted by atomic mass is 10.2. The third kappa shape index (κ3) is 1.37. The molecule has 0 aliphatic rings. The molecule has 1 aromatic carbocycles. The first kappa shape index (κ1) is 8.52. The number of phenolic OH excluding ortho intramolecular Hbond substituents is 1. The highest BCUT2D eigenvalue weighted by molar-refractivity contribution is 5.68. The lowest BCUT2D eigenvalue weighted by Gasteiger charge is -2.13. The van der Waals surface area contributed by atoms with Gasteiger partial charge in [0.1, 0.15) is 0 Å². The maximum absolute atomic E-state index is 10.2. The van der Waals surface area contributed by atoms with Crippen LogP contribution in [-0.2, 0) is 0 Å². The lowest BCUT2D eigenvalue weighted by molar-refractivity contribution is 0.477. The van der Waals surface area contributed by atoms with Crippen LogP contribution in [0.1, 0.15) is 0 Å². The number of anilines is 1. The molecule has 0 amide bonds. The molecule has 0 fully saturated rings. The van der Waals surface area contributed by atoms with E-state index in [1.807, 2.05) is 0 Å². The highest BCUT2D eigenvalue weighted by atomic mass is 16.3. The smallest absolute Gasteiger partial charge is 0.168 e. The minimum Gasteiger partial charge on any atom is -0.504 e. The van der Waals surface area contributed by atoms with Crippen molar-refractivity contribution >= 4 is 11.4 Å². The summed E-state index contributed by atoms with van der Waals surface area (Å²) in [5, 5.41) is 12.1. The summed E-state index contributed by atoms with van der Waals surface area (Å²) >= 11 is 0. The second-order valence-electron chi connectivity index (χ2n) is 2.63. The molecule has 4 heteroatoms. The minimum atomic E-state index is -0.0718. The van der Waals surface area contributed by atoms with Crippen molar-refractivity contribution in [3.05, 3.63) is 23.1 Å². The van der Waals surface area contributed by atoms with E-state index in [0.29, 0.717) is 5.69 Å². The van der Waals surface area contributed by atoms with E-state index in [0.717, 1.165) is 0 Å². The molecule has 1 rings (SSSR count). The van der Waals surface area contributed by atoms with E-state index in [-0.39, 0.29) is 11.4 Å². The molecule has 1 aromatic rings. The topological polar surface area (TPSA) is 52.9 Å². The maximum atomic E-state index is 10.2. The third-order valence-electron chi connectivity index (χ3n) is 1.57. The lowest BCUT2D eigenvalue weighted by Crippen LogP contribution is -2.08. The Hall–Kier alpha value is -1.58. The molecule has 0 radical (unpaired) electrons. The van der Waals surface area contributed by atoms with Gasteiger partial charge in [0.15, 0.2) is 11.4 Å². The summed E-state index contributed by atoms with van der Waals surface area (Å²) in [5.41, 5.74) is 0.660. The molecule has 64 valence electrons. The van der Waals surface area contributed by atoms with Crippen molar-refractivity contribution in [3.63, 3.8) is 0 Å². The molecule has 0 heterocycles. The van der Waals surface area contributed by atoms with Crippen molar-refractivity contribution in [2.45, 2.75) is 0 Å². The van der Waals surface area contributed by atoms with Crippen LogP contribution >= 0.6 is 0 Å². The van der Waals surface area contributed by atoms with Gasteiger partial charge < -0.3 is 10.0 Å². The quantitative estimate of drug-likeness (QED) is 0.682. The van der Waals surface area contributed by atoms with Gasteiger partial charge >= 0.3 is 0 Å². The number of nitroso groups, excluding NO2 is 1. The molecule has 0 aliphatic heterocycles. The summed E-state index contributed by atoms with van der Waals surface area (Å²) in [7, 11) is 3.56. The van der Waals surface area contributed by atoms with Gasteiger partial charge in [-0.2, -0.15) is 0 Å². The van der Waals surface area contributed by atoms with E-state index < -0.39 is 0 Å². The number of aromatic hydroxyl groups is 1. The van der Waals surface area contributed by atoms with E-state index in [2.05, 4.69) is 5.18 Å². The Morgan fingerprint density at radius 3 is 2.58 bits per heavy atom. The highest BCUT2D eigenvalue weighted by Gasteiger charge is 2.07. The molecule has 0 unspecified atom stereocenters. The van der Waals surface area contributed by atoms with Gasteiger partial charge in [0.25, 0.3) is 0 Å². The first-order valence-corrected chi connectivity index (χ1v) is 3.49. The molecule has 0 spiro atoms. The van der Waals surface area contributed by atoms with Gasteiger partial charge in [-0.1, -0.05) is 6.07 Å². The van der Waals surface area contributed by atoms with Crippen molar-refractivity contribution in [3.8, 4) is 5.75 Å². The SMILES string of the molecule is CN(C)c1cccc(N=O)c1O. The molecule has 0 bridgehead atoms. The summed E-state index contributed by atoms with van der Waals surface area (Å²) in [6, 6.07) is 4.85. The van der Waals surface area contributed by atoms with Crippen LogP contribution in [0.3, 0.4) is 0 Å². The molecule has 1 N–H and O–H groups in total. The summed E-state index contributed by atoms with van der Waals surface area (Å²) in [6.45, 7) is 0. The number of phenols is 1. The number of rotatable bonds is 2. The van der Waals surface area contributed by atoms with Crippen molar-refractivity contribution < 1.29 is 5.11 Å². The normalized spacial score (nSPS) is 9.50. The fraction of sp³-hybridized carbons (Fsp3) is 0.250. The first-order valence-electron chi connectivity index (χ1n) is 3.49. The Bertz CT molecular complexity index is 297. The first-order chi connectivity index (χ1) is 5.66. The van der Waals surface area contributed by atoms with Crippen LogP contribution in [0.15, 0.2) is 23.4 Å². The molecule has 0 aliphatic carbocycles. The predicted octanol–water partition coefficient (Wildman–Crippen LogP) is 1.86. The van der Waals surface area contributed by atoms with Gasteiger partial charge in [-0.25, -0.2) is 0 Å². The molecule has 0 saturated carbocycles. The van der Waals surface area contributed by atoms with Crippen LogP contribution in [0.5, 0.6) is 5.75 Å². The zero-order chi connectivity index (χ0) is 9.14. The van der Waals surface area contributed by atoms with Crippen LogP contribution < -0.4 is 4.90 Å². The zero-order valence-electron chi connectivity index (χ0n) is 6.98. The second-order valence-corrected chi connectivity index (χ2v) is 2.63. The van der Waals surface area contributed by atoms with Crippen LogP contribution in [0.4, 0.5) is 11.4 Å². The zero-order valence-corrected chi connectivity index (χ0v) is 6.98. The number of hydrogen-bond donors (Lipinski definition) is 1. The van der Waals surface area contributed by atoms with Gasteiger partial charge in [-0.15, -0.1) is 4.91 Å². The van der Waals surface area contributed by atoms with Crippen molar-refractivity contribution in [1.29, 1.82) is 0 Å². The summed E-state index contributed by atoms with van der Waals surface area (Å²) < 4.78 is 0. The Balaban J connectivity index is 3.22. The predicted molar refractivity (Wildman–Crippen MR) is 47.9 cm³/mol. The highest BCUT2D eigenvalue weighted by Crippen LogP contribution is 2.34. The fourth-order valence-electron chi connectivity index (χ4n) is 0.954. The van der Waals surface area contributed by atoms with Crippen molar-refractivity contribution in [2.24, 2.45) is 5.18 Å². The number of hydrogen-bond acceptors (Lipinski definition) is 4. The monoisotopic (exact) mass is 166 g/mol. The van der Waals surface area contributed by atoms with E-state index in [9.17, 15) is 10.0 Å². The minimum absolute atomic E-state index is 0.0706. The molecule has 4 nitrogen and oxygen atoms in total. The van der Waals surface area contributed by atoms with Crippen molar-refractivity contribution in [1.82, 2.24) is 0 Å². The van der Waals surface area contributed by atoms with Crippen LogP contribution in [0.25, 0.3) is 0 Å². The summed E-state index contributed by atoms with van der Waals surface area (Å²) in [6.07, 6.45) is 0. The molecule has 0 aromatic heterocycles. The number of nitrogens with zero attached hydrogens (tertiary/aromatic N) is 2. The van der Waals surface area contributed by atoms with Crippen LogP contribution in [-0.4, -0.2) is 19.2 Å². The molecule has 0 atom stereocenters. The van der Waals surface area contributed by atoms with Crippen molar-refractivity contribution in [2.75, 3.05) is 19.0 Å². The number of benzene rings is 1. The van der Waals surface area contributed by atoms with Gasteiger partial charge in [0, 0.05) is 14.1 Å². The van der Waals surface area contributed by atoms with Crippen LogP contribution in [0, 0.1) is 4.91 Å². The fourth-order valence-corrected chi connectivity index (χ4v) is 0.954. The Kier molecular flexibility index (Phi) is 2.28. The summed E-state index contributed by atoms with van der Waals surface area (Å²) in [5.74, 6) is -0.0718. The second kappa shape index (κ2) is 3.21. The largest absolute Gasteiger partial charge is 0.504 e. The van der Waals surface area contributed by atoms with Gasteiger partial charge in [-0.05, 0) is 17.3 Å². The van der Waals surface area contributed by atoms with Crippen LogP contribution in [0.2, 0.25) is 0 Å². The average molecular weight is 166 g/mol. The Labute approximate surface area is 70.4 Å². The number of para-hydroxylation sites is 1. The molecule has 12 heavy (non-hydrogen) atoms. The van der Waals surface area contributed by atoms with E-state index in [1.165, 1.54) is 6.07 Å². The average Bonchev–Trinajstić information content (AvgIpc) is 2.04. The standard InChI is InChI=1S/C8H10N2O2/c1-10(2)7-5-3-4-6(9-12)8(7)11/h3-5,11H,1-2H3. The van der Waals surface area contributed by atoms with Gasteiger partial charge in [0.05, 0.1) is 5.69 Å². The van der Waals surface area contributed by atoms with E-state index >= 15 is 0 Å². The van der Waals surface area contributed by atoms with Gasteiger partial charge in [0.2, 0.25) is 0 Å². The van der Waals surface area contributed by atoms with E-state index in [4.69, 9.17) is 0 Å². The third-order valence-corrected chi connectivity index (χ3v) is 1.57. The van der Waals surface area contributed by atoms with Gasteiger partial charge in [-0.3, -0.25) is 0 Å². The molecule has 0 saturated heterocycles.